The zero-order valence-electron chi connectivity index (χ0n) is 10.1. The van der Waals surface area contributed by atoms with Crippen molar-refractivity contribution >= 4 is 16.9 Å². The van der Waals surface area contributed by atoms with Crippen molar-refractivity contribution in [2.75, 3.05) is 0 Å². The summed E-state index contributed by atoms with van der Waals surface area (Å²) in [5.41, 5.74) is 1.14. The Labute approximate surface area is 110 Å². The molecule has 3 aromatic rings. The summed E-state index contributed by atoms with van der Waals surface area (Å²) in [5.74, 6) is -1.31. The second-order valence-corrected chi connectivity index (χ2v) is 3.89. The van der Waals surface area contributed by atoms with Crippen molar-refractivity contribution in [3.05, 3.63) is 66.4 Å². The molecule has 4 nitrogen and oxygen atoms in total. The van der Waals surface area contributed by atoms with E-state index in [0.717, 1.165) is 0 Å². The van der Waals surface area contributed by atoms with E-state index in [0.29, 0.717) is 0 Å². The van der Waals surface area contributed by atoms with Crippen LogP contribution in [0, 0.1) is 0 Å². The maximum absolute atomic E-state index is 10.3. The molecule has 0 saturated heterocycles. The van der Waals surface area contributed by atoms with E-state index in [2.05, 4.69) is 23.2 Å². The van der Waals surface area contributed by atoms with Crippen molar-refractivity contribution in [2.24, 2.45) is 0 Å². The average molecular weight is 255 g/mol. The monoisotopic (exact) mass is 255 g/mol. The van der Waals surface area contributed by atoms with Crippen molar-refractivity contribution in [1.29, 1.82) is 0 Å². The molecular weight excluding hydrogens is 242 g/mol. The van der Waals surface area contributed by atoms with E-state index in [-0.39, 0.29) is 11.3 Å². The van der Waals surface area contributed by atoms with Gasteiger partial charge >= 0.3 is 5.97 Å². The van der Waals surface area contributed by atoms with Crippen LogP contribution < -0.4 is 0 Å². The van der Waals surface area contributed by atoms with Crippen molar-refractivity contribution in [3.63, 3.8) is 0 Å². The summed E-state index contributed by atoms with van der Waals surface area (Å²) in [5, 5.41) is 18.6. The SMILES string of the molecule is O=C(O)c1ccccc1O.c1ccc2[nH]ccc2c1. The summed E-state index contributed by atoms with van der Waals surface area (Å²) < 4.78 is 0. The summed E-state index contributed by atoms with van der Waals surface area (Å²) in [6.45, 7) is 0. The molecule has 0 bridgehead atoms. The van der Waals surface area contributed by atoms with Gasteiger partial charge in [-0.2, -0.15) is 0 Å². The van der Waals surface area contributed by atoms with Gasteiger partial charge in [-0.05, 0) is 29.7 Å². The van der Waals surface area contributed by atoms with E-state index in [4.69, 9.17) is 10.2 Å². The Morgan fingerprint density at radius 3 is 2.26 bits per heavy atom. The van der Waals surface area contributed by atoms with Crippen LogP contribution in [0.5, 0.6) is 5.75 Å². The minimum absolute atomic E-state index is 0.0671. The van der Waals surface area contributed by atoms with Gasteiger partial charge < -0.3 is 15.2 Å². The number of carbonyl (C=O) groups is 1. The maximum Gasteiger partial charge on any atom is 0.339 e. The third-order valence-corrected chi connectivity index (χ3v) is 2.60. The van der Waals surface area contributed by atoms with E-state index in [9.17, 15) is 4.79 Å². The molecule has 0 amide bonds. The summed E-state index contributed by atoms with van der Waals surface area (Å²) >= 11 is 0. The molecule has 0 fully saturated rings. The molecule has 0 atom stereocenters. The fourth-order valence-electron chi connectivity index (χ4n) is 1.65. The lowest BCUT2D eigenvalue weighted by Crippen LogP contribution is -1.95. The molecule has 0 aliphatic heterocycles. The highest BCUT2D eigenvalue weighted by atomic mass is 16.4. The van der Waals surface area contributed by atoms with Crippen LogP contribution in [0.15, 0.2) is 60.8 Å². The van der Waals surface area contributed by atoms with Crippen LogP contribution in [0.3, 0.4) is 0 Å². The molecule has 0 radical (unpaired) electrons. The molecule has 3 rings (SSSR count). The Bertz CT molecular complexity index is 658. The number of aromatic nitrogens is 1. The lowest BCUT2D eigenvalue weighted by atomic mass is 10.2. The Kier molecular flexibility index (Phi) is 3.83. The Hall–Kier alpha value is -2.75. The number of hydrogen-bond acceptors (Lipinski definition) is 2. The van der Waals surface area contributed by atoms with E-state index in [1.54, 1.807) is 12.1 Å². The zero-order valence-corrected chi connectivity index (χ0v) is 10.1. The number of aromatic carboxylic acids is 1. The number of rotatable bonds is 1. The summed E-state index contributed by atoms with van der Waals surface area (Å²) in [4.78, 5) is 13.4. The highest BCUT2D eigenvalue weighted by Gasteiger charge is 2.05. The van der Waals surface area contributed by atoms with Gasteiger partial charge in [0.1, 0.15) is 11.3 Å². The molecular formula is C15H13NO3. The lowest BCUT2D eigenvalue weighted by molar-refractivity contribution is 0.0694. The number of fused-ring (bicyclic) bond motifs is 1. The quantitative estimate of drug-likeness (QED) is 0.625. The van der Waals surface area contributed by atoms with Crippen molar-refractivity contribution in [1.82, 2.24) is 4.98 Å². The maximum atomic E-state index is 10.3. The summed E-state index contributed by atoms with van der Waals surface area (Å²) in [6.07, 6.45) is 1.95. The summed E-state index contributed by atoms with van der Waals surface area (Å²) in [7, 11) is 0. The molecule has 0 unspecified atom stereocenters. The first-order chi connectivity index (χ1) is 9.18. The van der Waals surface area contributed by atoms with Crippen LogP contribution in [0.4, 0.5) is 0 Å². The zero-order chi connectivity index (χ0) is 13.7. The van der Waals surface area contributed by atoms with Gasteiger partial charge in [-0.15, -0.1) is 0 Å². The van der Waals surface area contributed by atoms with Crippen LogP contribution in [0.2, 0.25) is 0 Å². The molecule has 0 saturated carbocycles. The number of hydrogen-bond donors (Lipinski definition) is 3. The number of para-hydroxylation sites is 2. The number of phenols is 1. The Morgan fingerprint density at radius 2 is 1.63 bits per heavy atom. The average Bonchev–Trinajstić information content (AvgIpc) is 2.88. The van der Waals surface area contributed by atoms with Crippen LogP contribution in [-0.4, -0.2) is 21.2 Å². The highest BCUT2D eigenvalue weighted by Crippen LogP contribution is 2.14. The molecule has 2 aromatic carbocycles. The van der Waals surface area contributed by atoms with Gasteiger partial charge in [-0.25, -0.2) is 4.79 Å². The number of H-pyrrole nitrogens is 1. The predicted octanol–water partition coefficient (Wildman–Crippen LogP) is 3.26. The standard InChI is InChI=1S/C8H7N.C7H6O3/c1-2-4-8-7(3-1)5-6-9-8;8-6-4-2-1-3-5(6)7(9)10/h1-6,9H;1-4,8H,(H,9,10). The molecule has 0 aliphatic carbocycles. The number of benzene rings is 2. The largest absolute Gasteiger partial charge is 0.507 e. The number of aromatic hydroxyl groups is 1. The molecule has 96 valence electrons. The number of carboxylic acids is 1. The van der Waals surface area contributed by atoms with Crippen molar-refractivity contribution in [2.45, 2.75) is 0 Å². The summed E-state index contributed by atoms with van der Waals surface area (Å²) in [6, 6.07) is 16.1. The molecule has 19 heavy (non-hydrogen) atoms. The van der Waals surface area contributed by atoms with E-state index in [1.807, 2.05) is 18.3 Å². The fraction of sp³-hybridized carbons (Fsp3) is 0. The van der Waals surface area contributed by atoms with Gasteiger partial charge in [-0.3, -0.25) is 0 Å². The van der Waals surface area contributed by atoms with E-state index < -0.39 is 5.97 Å². The third-order valence-electron chi connectivity index (χ3n) is 2.60. The molecule has 0 aliphatic rings. The lowest BCUT2D eigenvalue weighted by Gasteiger charge is -1.95. The molecule has 1 heterocycles. The minimum Gasteiger partial charge on any atom is -0.507 e. The van der Waals surface area contributed by atoms with Gasteiger partial charge in [0, 0.05) is 11.7 Å². The van der Waals surface area contributed by atoms with Gasteiger partial charge in [0.25, 0.3) is 0 Å². The van der Waals surface area contributed by atoms with Gasteiger partial charge in [0.15, 0.2) is 0 Å². The normalized spacial score (nSPS) is 9.68. The number of carboxylic acid groups (broad SMARTS) is 1. The van der Waals surface area contributed by atoms with Crippen molar-refractivity contribution < 1.29 is 15.0 Å². The molecule has 3 N–H and O–H groups in total. The highest BCUT2D eigenvalue weighted by molar-refractivity contribution is 5.90. The minimum atomic E-state index is -1.11. The first-order valence-corrected chi connectivity index (χ1v) is 5.72. The molecule has 1 aromatic heterocycles. The number of nitrogens with one attached hydrogen (secondary N) is 1. The Morgan fingerprint density at radius 1 is 0.947 bits per heavy atom. The topological polar surface area (TPSA) is 73.3 Å². The smallest absolute Gasteiger partial charge is 0.339 e. The van der Waals surface area contributed by atoms with Crippen LogP contribution in [0.25, 0.3) is 10.9 Å². The predicted molar refractivity (Wildman–Crippen MR) is 73.4 cm³/mol. The first kappa shape index (κ1) is 12.7. The van der Waals surface area contributed by atoms with Crippen LogP contribution >= 0.6 is 0 Å². The fourth-order valence-corrected chi connectivity index (χ4v) is 1.65. The van der Waals surface area contributed by atoms with Crippen LogP contribution in [-0.2, 0) is 0 Å². The van der Waals surface area contributed by atoms with Crippen LogP contribution in [0.1, 0.15) is 10.4 Å². The van der Waals surface area contributed by atoms with Gasteiger partial charge in [-0.1, -0.05) is 30.3 Å². The third kappa shape index (κ3) is 3.13. The van der Waals surface area contributed by atoms with Crippen molar-refractivity contribution in [3.8, 4) is 5.75 Å². The number of aromatic amines is 1. The van der Waals surface area contributed by atoms with Gasteiger partial charge in [0.05, 0.1) is 0 Å². The molecule has 0 spiro atoms. The first-order valence-electron chi connectivity index (χ1n) is 5.72. The van der Waals surface area contributed by atoms with Gasteiger partial charge in [0.2, 0.25) is 0 Å². The molecule has 4 heteroatoms. The van der Waals surface area contributed by atoms with E-state index >= 15 is 0 Å². The Balaban J connectivity index is 0.000000141. The van der Waals surface area contributed by atoms with E-state index in [1.165, 1.54) is 23.0 Å². The second kappa shape index (κ2) is 5.73. The second-order valence-electron chi connectivity index (χ2n) is 3.89.